The highest BCUT2D eigenvalue weighted by molar-refractivity contribution is 14.0. The van der Waals surface area contributed by atoms with Crippen molar-refractivity contribution in [3.05, 3.63) is 34.9 Å². The minimum absolute atomic E-state index is 0. The van der Waals surface area contributed by atoms with Gasteiger partial charge in [0.1, 0.15) is 0 Å². The fraction of sp³-hybridized carbons (Fsp3) is 0.632. The minimum atomic E-state index is 0. The van der Waals surface area contributed by atoms with E-state index < -0.39 is 0 Å². The third-order valence-electron chi connectivity index (χ3n) is 4.33. The van der Waals surface area contributed by atoms with Crippen LogP contribution in [0, 0.1) is 0 Å². The number of hydrogen-bond acceptors (Lipinski definition) is 4. The first kappa shape index (κ1) is 24.4. The normalized spacial score (nSPS) is 16.5. The summed E-state index contributed by atoms with van der Waals surface area (Å²) in [6.07, 6.45) is 0.949. The van der Waals surface area contributed by atoms with Gasteiger partial charge in [0, 0.05) is 44.9 Å². The fourth-order valence-electron chi connectivity index (χ4n) is 2.95. The van der Waals surface area contributed by atoms with Crippen molar-refractivity contribution in [3.63, 3.8) is 0 Å². The molecule has 1 aliphatic rings. The summed E-state index contributed by atoms with van der Waals surface area (Å²) in [4.78, 5) is 7.26. The van der Waals surface area contributed by atoms with Crippen LogP contribution in [0.1, 0.15) is 24.9 Å². The predicted molar refractivity (Wildman–Crippen MR) is 122 cm³/mol. The largest absolute Gasteiger partial charge is 0.385 e. The van der Waals surface area contributed by atoms with Crippen molar-refractivity contribution in [1.29, 1.82) is 0 Å². The maximum Gasteiger partial charge on any atom is 0.191 e. The summed E-state index contributed by atoms with van der Waals surface area (Å²) in [6.45, 7) is 8.54. The van der Waals surface area contributed by atoms with Gasteiger partial charge in [-0.2, -0.15) is 0 Å². The zero-order chi connectivity index (χ0) is 18.6. The van der Waals surface area contributed by atoms with Crippen LogP contribution in [-0.2, 0) is 9.47 Å². The molecule has 1 saturated heterocycles. The topological polar surface area (TPSA) is 58.1 Å². The molecule has 2 rings (SSSR count). The van der Waals surface area contributed by atoms with E-state index in [-0.39, 0.29) is 30.0 Å². The molecule has 0 saturated carbocycles. The van der Waals surface area contributed by atoms with Crippen molar-refractivity contribution in [2.75, 3.05) is 59.7 Å². The van der Waals surface area contributed by atoms with Gasteiger partial charge in [0.15, 0.2) is 5.96 Å². The Morgan fingerprint density at radius 1 is 1.26 bits per heavy atom. The number of guanidine groups is 1. The second-order valence-corrected chi connectivity index (χ2v) is 6.64. The van der Waals surface area contributed by atoms with E-state index in [4.69, 9.17) is 26.1 Å². The third-order valence-corrected chi connectivity index (χ3v) is 4.58. The van der Waals surface area contributed by atoms with Gasteiger partial charge >= 0.3 is 0 Å². The summed E-state index contributed by atoms with van der Waals surface area (Å²) >= 11 is 6.06. The molecule has 0 amide bonds. The van der Waals surface area contributed by atoms with Crippen LogP contribution in [0.3, 0.4) is 0 Å². The van der Waals surface area contributed by atoms with Crippen LogP contribution in [-0.4, -0.2) is 70.5 Å². The number of methoxy groups -OCH3 is 1. The zero-order valence-electron chi connectivity index (χ0n) is 16.2. The predicted octanol–water partition coefficient (Wildman–Crippen LogP) is 2.92. The van der Waals surface area contributed by atoms with E-state index in [2.05, 4.69) is 34.6 Å². The molecule has 1 heterocycles. The quantitative estimate of drug-likeness (QED) is 0.232. The van der Waals surface area contributed by atoms with Crippen LogP contribution in [0.5, 0.6) is 0 Å². The Morgan fingerprint density at radius 2 is 1.96 bits per heavy atom. The molecule has 1 aromatic carbocycles. The Kier molecular flexibility index (Phi) is 13.0. The van der Waals surface area contributed by atoms with E-state index in [0.29, 0.717) is 6.54 Å². The molecule has 1 fully saturated rings. The molecule has 1 atom stereocenters. The van der Waals surface area contributed by atoms with E-state index in [9.17, 15) is 0 Å². The second-order valence-electron chi connectivity index (χ2n) is 6.21. The minimum Gasteiger partial charge on any atom is -0.385 e. The van der Waals surface area contributed by atoms with Crippen molar-refractivity contribution in [2.24, 2.45) is 4.99 Å². The highest BCUT2D eigenvalue weighted by Crippen LogP contribution is 2.24. The van der Waals surface area contributed by atoms with Crippen molar-refractivity contribution in [2.45, 2.75) is 19.4 Å². The lowest BCUT2D eigenvalue weighted by molar-refractivity contribution is 0.0179. The number of morpholine rings is 1. The number of nitrogens with one attached hydrogen (secondary N) is 2. The fourth-order valence-corrected chi connectivity index (χ4v) is 3.07. The molecule has 154 valence electrons. The molecule has 1 unspecified atom stereocenters. The third kappa shape index (κ3) is 8.95. The highest BCUT2D eigenvalue weighted by atomic mass is 127. The van der Waals surface area contributed by atoms with Crippen molar-refractivity contribution >= 4 is 41.5 Å². The molecule has 0 bridgehead atoms. The van der Waals surface area contributed by atoms with Gasteiger partial charge in [0.05, 0.1) is 25.8 Å². The summed E-state index contributed by atoms with van der Waals surface area (Å²) in [5, 5.41) is 7.44. The first-order valence-electron chi connectivity index (χ1n) is 9.33. The van der Waals surface area contributed by atoms with E-state index in [0.717, 1.165) is 63.4 Å². The summed E-state index contributed by atoms with van der Waals surface area (Å²) < 4.78 is 10.6. The number of hydrogen-bond donors (Lipinski definition) is 2. The molecule has 1 aromatic rings. The Hall–Kier alpha value is -0.610. The first-order valence-corrected chi connectivity index (χ1v) is 9.70. The standard InChI is InChI=1S/C19H31ClN4O2.HI/c1-3-21-19(22-9-4-12-25-2)23-15-18(24-10-13-26-14-11-24)16-5-7-17(20)8-6-16;/h5-8,18H,3-4,9-15H2,1-2H3,(H2,21,22,23);1H. The van der Waals surface area contributed by atoms with Crippen LogP contribution in [0.15, 0.2) is 29.3 Å². The summed E-state index contributed by atoms with van der Waals surface area (Å²) in [6, 6.07) is 8.30. The van der Waals surface area contributed by atoms with Crippen LogP contribution >= 0.6 is 35.6 Å². The smallest absolute Gasteiger partial charge is 0.191 e. The van der Waals surface area contributed by atoms with Gasteiger partial charge in [0.2, 0.25) is 0 Å². The molecule has 0 spiro atoms. The maximum atomic E-state index is 6.06. The van der Waals surface area contributed by atoms with E-state index >= 15 is 0 Å². The van der Waals surface area contributed by atoms with Gasteiger partial charge in [-0.25, -0.2) is 0 Å². The lowest BCUT2D eigenvalue weighted by Gasteiger charge is -2.34. The number of nitrogens with zero attached hydrogens (tertiary/aromatic N) is 2. The van der Waals surface area contributed by atoms with E-state index in [1.165, 1.54) is 5.56 Å². The first-order chi connectivity index (χ1) is 12.7. The molecule has 27 heavy (non-hydrogen) atoms. The Bertz CT molecular complexity index is 539. The molecule has 1 aliphatic heterocycles. The number of benzene rings is 1. The van der Waals surface area contributed by atoms with Gasteiger partial charge in [-0.05, 0) is 31.0 Å². The Balaban J connectivity index is 0.00000364. The number of halogens is 2. The van der Waals surface area contributed by atoms with E-state index in [1.807, 2.05) is 12.1 Å². The molecule has 0 radical (unpaired) electrons. The van der Waals surface area contributed by atoms with Gasteiger partial charge < -0.3 is 20.1 Å². The molecular weight excluding hydrogens is 479 g/mol. The zero-order valence-corrected chi connectivity index (χ0v) is 19.3. The molecule has 6 nitrogen and oxygen atoms in total. The summed E-state index contributed by atoms with van der Waals surface area (Å²) in [5.74, 6) is 0.843. The SMILES string of the molecule is CCNC(=NCC(c1ccc(Cl)cc1)N1CCOCC1)NCCCOC.I. The molecule has 2 N–H and O–H groups in total. The second kappa shape index (κ2) is 14.4. The number of rotatable bonds is 9. The van der Waals surface area contributed by atoms with Crippen LogP contribution < -0.4 is 10.6 Å². The molecule has 0 aromatic heterocycles. The summed E-state index contributed by atoms with van der Waals surface area (Å²) in [7, 11) is 1.72. The average Bonchev–Trinajstić information content (AvgIpc) is 2.67. The van der Waals surface area contributed by atoms with Gasteiger partial charge in [-0.3, -0.25) is 9.89 Å². The average molecular weight is 511 g/mol. The highest BCUT2D eigenvalue weighted by Gasteiger charge is 2.22. The Morgan fingerprint density at radius 3 is 2.59 bits per heavy atom. The van der Waals surface area contributed by atoms with Crippen molar-refractivity contribution in [1.82, 2.24) is 15.5 Å². The molecule has 0 aliphatic carbocycles. The van der Waals surface area contributed by atoms with Gasteiger partial charge in [-0.1, -0.05) is 23.7 Å². The molecule has 8 heteroatoms. The van der Waals surface area contributed by atoms with Crippen LogP contribution in [0.2, 0.25) is 5.02 Å². The number of ether oxygens (including phenoxy) is 2. The van der Waals surface area contributed by atoms with Crippen molar-refractivity contribution < 1.29 is 9.47 Å². The van der Waals surface area contributed by atoms with Crippen LogP contribution in [0.25, 0.3) is 0 Å². The van der Waals surface area contributed by atoms with Gasteiger partial charge in [0.25, 0.3) is 0 Å². The van der Waals surface area contributed by atoms with Crippen LogP contribution in [0.4, 0.5) is 0 Å². The Labute approximate surface area is 185 Å². The lowest BCUT2D eigenvalue weighted by Crippen LogP contribution is -2.42. The lowest BCUT2D eigenvalue weighted by atomic mass is 10.0. The summed E-state index contributed by atoms with van der Waals surface area (Å²) in [5.41, 5.74) is 1.23. The molecular formula is C19H32ClIN4O2. The monoisotopic (exact) mass is 510 g/mol. The number of aliphatic imine (C=N–C) groups is 1. The van der Waals surface area contributed by atoms with E-state index in [1.54, 1.807) is 7.11 Å². The van der Waals surface area contributed by atoms with Crippen molar-refractivity contribution in [3.8, 4) is 0 Å². The maximum absolute atomic E-state index is 6.06. The van der Waals surface area contributed by atoms with Gasteiger partial charge in [-0.15, -0.1) is 24.0 Å².